The lowest BCUT2D eigenvalue weighted by Gasteiger charge is -2.25. The van der Waals surface area contributed by atoms with E-state index in [0.717, 1.165) is 15.7 Å². The minimum Gasteiger partial charge on any atom is -0.494 e. The van der Waals surface area contributed by atoms with Gasteiger partial charge >= 0.3 is 0 Å². The van der Waals surface area contributed by atoms with Crippen LogP contribution in [0.1, 0.15) is 28.9 Å². The minimum atomic E-state index is -0.982. The van der Waals surface area contributed by atoms with E-state index in [1.165, 1.54) is 9.91 Å². The molecule has 2 aliphatic heterocycles. The number of fused-ring (bicyclic) bond motifs is 1. The third kappa shape index (κ3) is 4.49. The number of imide groups is 1. The molecule has 5 rings (SSSR count). The Morgan fingerprint density at radius 3 is 2.32 bits per heavy atom. The van der Waals surface area contributed by atoms with Gasteiger partial charge in [0, 0.05) is 29.8 Å². The summed E-state index contributed by atoms with van der Waals surface area (Å²) in [7, 11) is 3.90. The Hall–Kier alpha value is -3.69. The number of anilines is 2. The second-order valence-corrected chi connectivity index (χ2v) is 10.1. The van der Waals surface area contributed by atoms with E-state index >= 15 is 0 Å². The van der Waals surface area contributed by atoms with Crippen molar-refractivity contribution in [2.45, 2.75) is 19.0 Å². The molecule has 0 unspecified atom stereocenters. The highest BCUT2D eigenvalue weighted by Gasteiger charge is 2.60. The number of rotatable bonds is 6. The smallest absolute Gasteiger partial charge is 0.268 e. The first kappa shape index (κ1) is 25.0. The van der Waals surface area contributed by atoms with Crippen LogP contribution in [-0.4, -0.2) is 49.5 Å². The van der Waals surface area contributed by atoms with Crippen molar-refractivity contribution in [3.05, 3.63) is 88.4 Å². The summed E-state index contributed by atoms with van der Waals surface area (Å²) < 4.78 is 6.25. The number of carbonyl (C=O) groups is 3. The van der Waals surface area contributed by atoms with Gasteiger partial charge in [0.05, 0.1) is 24.3 Å². The Balaban J connectivity index is 1.54. The van der Waals surface area contributed by atoms with E-state index in [1.54, 1.807) is 42.5 Å². The third-order valence-electron chi connectivity index (χ3n) is 6.70. The van der Waals surface area contributed by atoms with Crippen LogP contribution >= 0.6 is 15.9 Å². The lowest BCUT2D eigenvalue weighted by molar-refractivity contribution is -0.123. The topological polar surface area (TPSA) is 82.2 Å². The molecule has 0 bridgehead atoms. The Morgan fingerprint density at radius 1 is 1.00 bits per heavy atom. The number of ether oxygens (including phenoxy) is 1. The van der Waals surface area contributed by atoms with E-state index in [9.17, 15) is 14.4 Å². The predicted molar refractivity (Wildman–Crippen MR) is 144 cm³/mol. The quantitative estimate of drug-likeness (QED) is 0.454. The molecule has 190 valence electrons. The van der Waals surface area contributed by atoms with Gasteiger partial charge in [0.25, 0.3) is 11.8 Å². The zero-order valence-corrected chi connectivity index (χ0v) is 22.3. The van der Waals surface area contributed by atoms with Gasteiger partial charge in [0.2, 0.25) is 5.91 Å². The van der Waals surface area contributed by atoms with Crippen molar-refractivity contribution < 1.29 is 19.1 Å². The van der Waals surface area contributed by atoms with Crippen LogP contribution in [0.15, 0.2) is 77.3 Å². The van der Waals surface area contributed by atoms with E-state index in [-0.39, 0.29) is 11.8 Å². The zero-order valence-electron chi connectivity index (χ0n) is 20.7. The number of nitrogens with zero attached hydrogens (tertiary/aromatic N) is 3. The Bertz CT molecular complexity index is 1340. The van der Waals surface area contributed by atoms with Crippen LogP contribution in [0.3, 0.4) is 0 Å². The lowest BCUT2D eigenvalue weighted by atomic mass is 9.90. The number of hydrazine groups is 1. The number of hydrogen-bond donors (Lipinski definition) is 1. The van der Waals surface area contributed by atoms with Crippen molar-refractivity contribution >= 4 is 45.0 Å². The van der Waals surface area contributed by atoms with Gasteiger partial charge in [-0.2, -0.15) is 0 Å². The molecular formula is C28H27BrN4O4. The summed E-state index contributed by atoms with van der Waals surface area (Å²) in [6.07, 6.45) is 0. The molecule has 2 heterocycles. The van der Waals surface area contributed by atoms with Crippen LogP contribution in [-0.2, 0) is 9.59 Å². The second kappa shape index (κ2) is 9.99. The number of amides is 3. The molecule has 0 aromatic heterocycles. The molecule has 0 radical (unpaired) electrons. The van der Waals surface area contributed by atoms with Crippen molar-refractivity contribution in [2.75, 3.05) is 30.5 Å². The van der Waals surface area contributed by atoms with Gasteiger partial charge in [-0.05, 0) is 67.1 Å². The average molecular weight is 563 g/mol. The molecule has 3 atom stereocenters. The molecule has 2 aliphatic rings. The van der Waals surface area contributed by atoms with Crippen molar-refractivity contribution in [3.8, 4) is 5.75 Å². The van der Waals surface area contributed by atoms with E-state index in [1.807, 2.05) is 56.3 Å². The molecule has 0 saturated carbocycles. The highest BCUT2D eigenvalue weighted by Crippen LogP contribution is 2.42. The fourth-order valence-electron chi connectivity index (χ4n) is 4.90. The standard InChI is InChI=1S/C28H27BrN4O4/c1-4-37-22-14-12-21(13-15-22)32-27(35)23-24(17-8-10-20(11-9-17)31(2)3)30-33(25(23)28(32)36)26(34)18-6-5-7-19(29)16-18/h5-16,23-25,30H,4H2,1-3H3/t23-,24-,25+/m1/s1. The van der Waals surface area contributed by atoms with Crippen molar-refractivity contribution in [3.63, 3.8) is 0 Å². The van der Waals surface area contributed by atoms with Gasteiger partial charge in [-0.25, -0.2) is 10.3 Å². The summed E-state index contributed by atoms with van der Waals surface area (Å²) >= 11 is 3.41. The molecule has 9 heteroatoms. The highest BCUT2D eigenvalue weighted by molar-refractivity contribution is 9.10. The molecule has 37 heavy (non-hydrogen) atoms. The van der Waals surface area contributed by atoms with Gasteiger partial charge < -0.3 is 9.64 Å². The first-order valence-corrected chi connectivity index (χ1v) is 12.8. The summed E-state index contributed by atoms with van der Waals surface area (Å²) in [6.45, 7) is 2.40. The average Bonchev–Trinajstić information content (AvgIpc) is 3.41. The number of hydrogen-bond acceptors (Lipinski definition) is 6. The molecule has 3 aromatic rings. The highest BCUT2D eigenvalue weighted by atomic mass is 79.9. The molecule has 2 saturated heterocycles. The van der Waals surface area contributed by atoms with Gasteiger partial charge in [-0.3, -0.25) is 19.4 Å². The zero-order chi connectivity index (χ0) is 26.3. The maximum Gasteiger partial charge on any atom is 0.268 e. The van der Waals surface area contributed by atoms with Crippen LogP contribution in [0, 0.1) is 5.92 Å². The maximum atomic E-state index is 13.8. The Labute approximate surface area is 223 Å². The van der Waals surface area contributed by atoms with E-state index in [4.69, 9.17) is 4.74 Å². The van der Waals surface area contributed by atoms with Crippen LogP contribution < -0.4 is 20.0 Å². The number of nitrogens with one attached hydrogen (secondary N) is 1. The summed E-state index contributed by atoms with van der Waals surface area (Å²) in [6, 6.07) is 20.0. The van der Waals surface area contributed by atoms with Crippen LogP contribution in [0.2, 0.25) is 0 Å². The van der Waals surface area contributed by atoms with Crippen molar-refractivity contribution in [2.24, 2.45) is 5.92 Å². The molecule has 0 aliphatic carbocycles. The Kier molecular flexibility index (Phi) is 6.74. The van der Waals surface area contributed by atoms with Crippen LogP contribution in [0.25, 0.3) is 0 Å². The van der Waals surface area contributed by atoms with E-state index in [2.05, 4.69) is 21.4 Å². The summed E-state index contributed by atoms with van der Waals surface area (Å²) in [5.41, 5.74) is 5.88. The normalized spacial score (nSPS) is 20.8. The van der Waals surface area contributed by atoms with Crippen molar-refractivity contribution in [1.29, 1.82) is 0 Å². The molecule has 0 spiro atoms. The van der Waals surface area contributed by atoms with E-state index in [0.29, 0.717) is 23.6 Å². The van der Waals surface area contributed by atoms with Crippen LogP contribution in [0.4, 0.5) is 11.4 Å². The second-order valence-electron chi connectivity index (χ2n) is 9.19. The summed E-state index contributed by atoms with van der Waals surface area (Å²) in [5, 5.41) is 1.33. The number of carbonyl (C=O) groups excluding carboxylic acids is 3. The first-order chi connectivity index (χ1) is 17.8. The lowest BCUT2D eigenvalue weighted by Crippen LogP contribution is -2.48. The third-order valence-corrected chi connectivity index (χ3v) is 7.19. The number of benzene rings is 3. The maximum absolute atomic E-state index is 13.8. The largest absolute Gasteiger partial charge is 0.494 e. The van der Waals surface area contributed by atoms with Gasteiger partial charge in [-0.15, -0.1) is 0 Å². The monoisotopic (exact) mass is 562 g/mol. The first-order valence-electron chi connectivity index (χ1n) is 12.0. The number of halogens is 1. The van der Waals surface area contributed by atoms with Gasteiger partial charge in [0.1, 0.15) is 11.8 Å². The summed E-state index contributed by atoms with van der Waals surface area (Å²) in [5.74, 6) is -1.29. The molecule has 8 nitrogen and oxygen atoms in total. The van der Waals surface area contributed by atoms with Gasteiger partial charge in [-0.1, -0.05) is 34.1 Å². The molecule has 3 amide bonds. The summed E-state index contributed by atoms with van der Waals surface area (Å²) in [4.78, 5) is 44.4. The van der Waals surface area contributed by atoms with Crippen LogP contribution in [0.5, 0.6) is 5.75 Å². The van der Waals surface area contributed by atoms with E-state index < -0.39 is 23.9 Å². The predicted octanol–water partition coefficient (Wildman–Crippen LogP) is 4.17. The molecular weight excluding hydrogens is 536 g/mol. The molecule has 2 fully saturated rings. The minimum absolute atomic E-state index is 0.349. The molecule has 1 N–H and O–H groups in total. The fourth-order valence-corrected chi connectivity index (χ4v) is 5.30. The molecule has 3 aromatic carbocycles. The SMILES string of the molecule is CCOc1ccc(N2C(=O)[C@@H]3[C@@H](c4ccc(N(C)C)cc4)NN(C(=O)c4cccc(Br)c4)[C@@H]3C2=O)cc1. The van der Waals surface area contributed by atoms with Gasteiger partial charge in [0.15, 0.2) is 0 Å². The Morgan fingerprint density at radius 2 is 1.70 bits per heavy atom. The fraction of sp³-hybridized carbons (Fsp3) is 0.250. The van der Waals surface area contributed by atoms with Crippen molar-refractivity contribution in [1.82, 2.24) is 10.4 Å².